The van der Waals surface area contributed by atoms with Gasteiger partial charge in [0.15, 0.2) is 0 Å². The zero-order valence-electron chi connectivity index (χ0n) is 11.2. The molecule has 0 aliphatic carbocycles. The number of aliphatic carboxylic acids is 1. The van der Waals surface area contributed by atoms with E-state index >= 15 is 0 Å². The summed E-state index contributed by atoms with van der Waals surface area (Å²) in [5, 5.41) is 12.8. The van der Waals surface area contributed by atoms with E-state index in [2.05, 4.69) is 10.2 Å². The van der Waals surface area contributed by atoms with Crippen molar-refractivity contribution in [3.63, 3.8) is 0 Å². The molecule has 1 heterocycles. The number of benzene rings is 1. The van der Waals surface area contributed by atoms with Gasteiger partial charge in [-0.15, -0.1) is 0 Å². The fraction of sp³-hybridized carbons (Fsp3) is 0.333. The molecule has 2 rings (SSSR count). The van der Waals surface area contributed by atoms with E-state index in [0.717, 1.165) is 24.9 Å². The molecule has 20 heavy (non-hydrogen) atoms. The van der Waals surface area contributed by atoms with Crippen LogP contribution in [0.2, 0.25) is 0 Å². The summed E-state index contributed by atoms with van der Waals surface area (Å²) in [5.41, 5.74) is 1.78. The maximum atomic E-state index is 11.4. The third-order valence-corrected chi connectivity index (χ3v) is 3.23. The van der Waals surface area contributed by atoms with Gasteiger partial charge in [-0.3, -0.25) is 4.79 Å². The number of carbonyl (C=O) groups is 2. The quantitative estimate of drug-likeness (QED) is 0.828. The number of nitrogens with one attached hydrogen (secondary N) is 1. The van der Waals surface area contributed by atoms with Crippen molar-refractivity contribution >= 4 is 23.3 Å². The van der Waals surface area contributed by atoms with Crippen LogP contribution in [-0.2, 0) is 9.59 Å². The van der Waals surface area contributed by atoms with Crippen molar-refractivity contribution in [1.29, 1.82) is 0 Å². The molecule has 1 aliphatic rings. The van der Waals surface area contributed by atoms with Crippen molar-refractivity contribution in [2.75, 3.05) is 23.3 Å². The standard InChI is InChI=1S/C15H18N2O3/c18-14(8-9-15(19)20)16-12-4-6-13(7-5-12)17-10-2-1-3-11-17/h4-9H,1-3,10-11H2,(H,16,18)(H,19,20)/p-1. The molecule has 0 saturated carbocycles. The number of amides is 1. The second kappa shape index (κ2) is 6.75. The molecule has 0 aromatic heterocycles. The molecule has 0 radical (unpaired) electrons. The summed E-state index contributed by atoms with van der Waals surface area (Å²) in [4.78, 5) is 23.9. The summed E-state index contributed by atoms with van der Waals surface area (Å²) in [7, 11) is 0. The Morgan fingerprint density at radius 3 is 2.30 bits per heavy atom. The molecule has 0 spiro atoms. The lowest BCUT2D eigenvalue weighted by Gasteiger charge is -2.28. The number of hydrogen-bond acceptors (Lipinski definition) is 4. The number of nitrogens with zero attached hydrogens (tertiary/aromatic N) is 1. The number of carboxylic acids is 1. The van der Waals surface area contributed by atoms with Gasteiger partial charge in [-0.2, -0.15) is 0 Å². The summed E-state index contributed by atoms with van der Waals surface area (Å²) in [5.74, 6) is -1.87. The average molecular weight is 273 g/mol. The molecule has 106 valence electrons. The van der Waals surface area contributed by atoms with Crippen LogP contribution >= 0.6 is 0 Å². The van der Waals surface area contributed by atoms with Crippen LogP contribution < -0.4 is 15.3 Å². The molecule has 0 atom stereocenters. The third kappa shape index (κ3) is 4.12. The number of carboxylic acid groups (broad SMARTS) is 1. The van der Waals surface area contributed by atoms with Crippen LogP contribution in [0.3, 0.4) is 0 Å². The zero-order valence-corrected chi connectivity index (χ0v) is 11.2. The van der Waals surface area contributed by atoms with Crippen LogP contribution in [0.15, 0.2) is 36.4 Å². The Labute approximate surface area is 117 Å². The average Bonchev–Trinajstić information content (AvgIpc) is 2.47. The Balaban J connectivity index is 1.94. The van der Waals surface area contributed by atoms with E-state index in [1.54, 1.807) is 0 Å². The van der Waals surface area contributed by atoms with Crippen molar-refractivity contribution in [2.24, 2.45) is 0 Å². The Kier molecular flexibility index (Phi) is 4.76. The molecule has 1 amide bonds. The predicted molar refractivity (Wildman–Crippen MR) is 75.3 cm³/mol. The van der Waals surface area contributed by atoms with Gasteiger partial charge in [-0.1, -0.05) is 0 Å². The minimum atomic E-state index is -1.39. The van der Waals surface area contributed by atoms with Crippen LogP contribution in [0, 0.1) is 0 Å². The molecule has 1 N–H and O–H groups in total. The van der Waals surface area contributed by atoms with Crippen LogP contribution in [0.1, 0.15) is 19.3 Å². The highest BCUT2D eigenvalue weighted by Crippen LogP contribution is 2.21. The third-order valence-electron chi connectivity index (χ3n) is 3.23. The second-order valence-electron chi connectivity index (χ2n) is 4.74. The van der Waals surface area contributed by atoms with Gasteiger partial charge in [0.1, 0.15) is 0 Å². The van der Waals surface area contributed by atoms with E-state index in [4.69, 9.17) is 0 Å². The summed E-state index contributed by atoms with van der Waals surface area (Å²) in [6, 6.07) is 7.55. The van der Waals surface area contributed by atoms with Crippen LogP contribution in [0.25, 0.3) is 0 Å². The maximum Gasteiger partial charge on any atom is 0.248 e. The first-order valence-electron chi connectivity index (χ1n) is 6.70. The molecule has 5 heteroatoms. The second-order valence-corrected chi connectivity index (χ2v) is 4.74. The number of piperidine rings is 1. The topological polar surface area (TPSA) is 72.5 Å². The van der Waals surface area contributed by atoms with Crippen LogP contribution in [0.4, 0.5) is 11.4 Å². The van der Waals surface area contributed by atoms with E-state index in [-0.39, 0.29) is 0 Å². The van der Waals surface area contributed by atoms with Gasteiger partial charge in [0.25, 0.3) is 0 Å². The first kappa shape index (κ1) is 14.1. The fourth-order valence-corrected chi connectivity index (χ4v) is 2.24. The smallest absolute Gasteiger partial charge is 0.248 e. The summed E-state index contributed by atoms with van der Waals surface area (Å²) >= 11 is 0. The summed E-state index contributed by atoms with van der Waals surface area (Å²) in [6.07, 6.45) is 5.36. The van der Waals surface area contributed by atoms with E-state index in [9.17, 15) is 14.7 Å². The number of rotatable bonds is 4. The Bertz CT molecular complexity index is 502. The van der Waals surface area contributed by atoms with Crippen LogP contribution in [0.5, 0.6) is 0 Å². The lowest BCUT2D eigenvalue weighted by Crippen LogP contribution is -2.29. The zero-order chi connectivity index (χ0) is 14.4. The largest absolute Gasteiger partial charge is 0.545 e. The molecule has 1 saturated heterocycles. The van der Waals surface area contributed by atoms with Gasteiger partial charge < -0.3 is 20.1 Å². The minimum Gasteiger partial charge on any atom is -0.545 e. The minimum absolute atomic E-state index is 0.486. The van der Waals surface area contributed by atoms with Crippen molar-refractivity contribution in [3.8, 4) is 0 Å². The van der Waals surface area contributed by atoms with Crippen LogP contribution in [-0.4, -0.2) is 25.0 Å². The van der Waals surface area contributed by atoms with E-state index < -0.39 is 11.9 Å². The highest BCUT2D eigenvalue weighted by atomic mass is 16.4. The maximum absolute atomic E-state index is 11.4. The SMILES string of the molecule is O=C([O-])C=CC(=O)Nc1ccc(N2CCCCC2)cc1. The first-order valence-corrected chi connectivity index (χ1v) is 6.70. The molecule has 1 fully saturated rings. The first-order chi connectivity index (χ1) is 9.65. The van der Waals surface area contributed by atoms with Gasteiger partial charge in [0.05, 0.1) is 5.97 Å². The van der Waals surface area contributed by atoms with Gasteiger partial charge in [-0.05, 0) is 49.6 Å². The molecule has 1 aromatic carbocycles. The van der Waals surface area contributed by atoms with E-state index in [0.29, 0.717) is 11.8 Å². The number of hydrogen-bond donors (Lipinski definition) is 1. The lowest BCUT2D eigenvalue weighted by atomic mass is 10.1. The fourth-order valence-electron chi connectivity index (χ4n) is 2.24. The summed E-state index contributed by atoms with van der Waals surface area (Å²) < 4.78 is 0. The Hall–Kier alpha value is -2.30. The Morgan fingerprint density at radius 2 is 1.70 bits per heavy atom. The van der Waals surface area contributed by atoms with E-state index in [1.165, 1.54) is 19.3 Å². The van der Waals surface area contributed by atoms with Crippen molar-refractivity contribution in [3.05, 3.63) is 36.4 Å². The molecule has 5 nitrogen and oxygen atoms in total. The molecule has 0 bridgehead atoms. The number of anilines is 2. The Morgan fingerprint density at radius 1 is 1.05 bits per heavy atom. The van der Waals surface area contributed by atoms with Gasteiger partial charge >= 0.3 is 0 Å². The van der Waals surface area contributed by atoms with E-state index in [1.807, 2.05) is 24.3 Å². The molecular weight excluding hydrogens is 256 g/mol. The van der Waals surface area contributed by atoms with Crippen molar-refractivity contribution < 1.29 is 14.7 Å². The normalized spacial score (nSPS) is 15.3. The lowest BCUT2D eigenvalue weighted by molar-refractivity contribution is -0.297. The monoisotopic (exact) mass is 273 g/mol. The molecule has 0 unspecified atom stereocenters. The van der Waals surface area contributed by atoms with Gasteiger partial charge in [0, 0.05) is 30.5 Å². The highest BCUT2D eigenvalue weighted by molar-refractivity contribution is 6.02. The molecular formula is C15H17N2O3-. The van der Waals surface area contributed by atoms with Gasteiger partial charge in [-0.25, -0.2) is 0 Å². The van der Waals surface area contributed by atoms with Crippen molar-refractivity contribution in [1.82, 2.24) is 0 Å². The summed E-state index contributed by atoms with van der Waals surface area (Å²) in [6.45, 7) is 2.14. The van der Waals surface area contributed by atoms with Crippen molar-refractivity contribution in [2.45, 2.75) is 19.3 Å². The molecule has 1 aromatic rings. The molecule has 1 aliphatic heterocycles. The predicted octanol–water partition coefficient (Wildman–Crippen LogP) is 0.921. The highest BCUT2D eigenvalue weighted by Gasteiger charge is 2.10. The van der Waals surface area contributed by atoms with Gasteiger partial charge in [0.2, 0.25) is 5.91 Å². The number of carbonyl (C=O) groups excluding carboxylic acids is 2.